The quantitative estimate of drug-likeness (QED) is 0.381. The highest BCUT2D eigenvalue weighted by Crippen LogP contribution is 2.31. The second kappa shape index (κ2) is 6.74. The van der Waals surface area contributed by atoms with Gasteiger partial charge in [-0.15, -0.1) is 0 Å². The molecule has 2 rings (SSSR count). The Hall–Kier alpha value is -2.56. The molecular weight excluding hydrogens is 266 g/mol. The Morgan fingerprint density at radius 2 is 2.14 bits per heavy atom. The first-order chi connectivity index (χ1) is 10.2. The summed E-state index contributed by atoms with van der Waals surface area (Å²) in [5, 5.41) is 11.6. The number of oxime groups is 1. The highest BCUT2D eigenvalue weighted by molar-refractivity contribution is 5.95. The summed E-state index contributed by atoms with van der Waals surface area (Å²) < 4.78 is 5.94. The first kappa shape index (κ1) is 14.8. The van der Waals surface area contributed by atoms with E-state index in [0.717, 1.165) is 17.7 Å². The van der Waals surface area contributed by atoms with Gasteiger partial charge in [0.05, 0.1) is 0 Å². The maximum Gasteiger partial charge on any atom is 0.188 e. The van der Waals surface area contributed by atoms with Crippen LogP contribution in [0.2, 0.25) is 0 Å². The van der Waals surface area contributed by atoms with Crippen LogP contribution in [0.4, 0.5) is 0 Å². The van der Waals surface area contributed by atoms with Crippen LogP contribution >= 0.6 is 0 Å². The number of rotatable bonds is 5. The molecule has 2 aromatic rings. The monoisotopic (exact) mass is 285 g/mol. The van der Waals surface area contributed by atoms with E-state index in [9.17, 15) is 0 Å². The lowest BCUT2D eigenvalue weighted by Crippen LogP contribution is -2.14. The van der Waals surface area contributed by atoms with Gasteiger partial charge < -0.3 is 15.7 Å². The first-order valence-corrected chi connectivity index (χ1v) is 6.86. The van der Waals surface area contributed by atoms with Crippen molar-refractivity contribution in [3.8, 4) is 11.5 Å². The van der Waals surface area contributed by atoms with Gasteiger partial charge >= 0.3 is 0 Å². The fraction of sp³-hybridized carbons (Fsp3) is 0.250. The van der Waals surface area contributed by atoms with Crippen LogP contribution in [0.25, 0.3) is 0 Å². The zero-order valence-electron chi connectivity index (χ0n) is 12.2. The minimum Gasteiger partial charge on any atom is -0.457 e. The van der Waals surface area contributed by atoms with Crippen molar-refractivity contribution < 1.29 is 9.94 Å². The molecule has 1 unspecified atom stereocenters. The van der Waals surface area contributed by atoms with Crippen LogP contribution in [0.1, 0.15) is 37.4 Å². The summed E-state index contributed by atoms with van der Waals surface area (Å²) in [6.07, 6.45) is 2.60. The van der Waals surface area contributed by atoms with Crippen LogP contribution in [0.5, 0.6) is 11.5 Å². The molecule has 0 aliphatic carbocycles. The molecule has 1 aromatic heterocycles. The zero-order valence-corrected chi connectivity index (χ0v) is 12.2. The Labute approximate surface area is 124 Å². The van der Waals surface area contributed by atoms with Crippen LogP contribution in [0, 0.1) is 0 Å². The smallest absolute Gasteiger partial charge is 0.188 e. The molecular formula is C16H19N3O2. The van der Waals surface area contributed by atoms with E-state index >= 15 is 0 Å². The van der Waals surface area contributed by atoms with Gasteiger partial charge in [-0.2, -0.15) is 0 Å². The van der Waals surface area contributed by atoms with Crippen LogP contribution < -0.4 is 10.5 Å². The molecule has 0 aliphatic heterocycles. The maximum atomic E-state index is 8.70. The number of nitrogens with zero attached hydrogens (tertiary/aromatic N) is 2. The van der Waals surface area contributed by atoms with Gasteiger partial charge in [0.25, 0.3) is 0 Å². The number of hydrogen-bond donors (Lipinski definition) is 2. The molecule has 5 nitrogen and oxygen atoms in total. The third-order valence-corrected chi connectivity index (χ3v) is 3.39. The standard InChI is InChI=1S/C16H19N3O2/c1-3-11(2)13-6-4-5-7-15(13)21-12-8-9-18-14(10-12)16(17)19-20/h4-11,20H,3H2,1-2H3,(H2,17,19). The van der Waals surface area contributed by atoms with E-state index in [4.69, 9.17) is 15.7 Å². The molecule has 0 radical (unpaired) electrons. The lowest BCUT2D eigenvalue weighted by Gasteiger charge is -2.15. The Balaban J connectivity index is 2.31. The molecule has 21 heavy (non-hydrogen) atoms. The third-order valence-electron chi connectivity index (χ3n) is 3.39. The van der Waals surface area contributed by atoms with Crippen molar-refractivity contribution in [2.45, 2.75) is 26.2 Å². The fourth-order valence-corrected chi connectivity index (χ4v) is 1.99. The second-order valence-electron chi connectivity index (χ2n) is 4.81. The van der Waals surface area contributed by atoms with E-state index < -0.39 is 0 Å². The number of hydrogen-bond acceptors (Lipinski definition) is 4. The van der Waals surface area contributed by atoms with E-state index in [1.54, 1.807) is 18.3 Å². The van der Waals surface area contributed by atoms with E-state index in [1.807, 2.05) is 18.2 Å². The van der Waals surface area contributed by atoms with Gasteiger partial charge in [-0.3, -0.25) is 4.98 Å². The van der Waals surface area contributed by atoms with Crippen molar-refractivity contribution in [3.05, 3.63) is 53.9 Å². The number of nitrogens with two attached hydrogens (primary N) is 1. The number of para-hydroxylation sites is 1. The molecule has 0 spiro atoms. The van der Waals surface area contributed by atoms with Crippen molar-refractivity contribution in [2.75, 3.05) is 0 Å². The Bertz CT molecular complexity index is 641. The second-order valence-corrected chi connectivity index (χ2v) is 4.81. The molecule has 0 aliphatic rings. The average Bonchev–Trinajstić information content (AvgIpc) is 2.54. The predicted molar refractivity (Wildman–Crippen MR) is 82.0 cm³/mol. The summed E-state index contributed by atoms with van der Waals surface area (Å²) in [4.78, 5) is 4.03. The summed E-state index contributed by atoms with van der Waals surface area (Å²) in [7, 11) is 0. The Morgan fingerprint density at radius 3 is 2.86 bits per heavy atom. The van der Waals surface area contributed by atoms with Gasteiger partial charge in [0.2, 0.25) is 0 Å². The fourth-order valence-electron chi connectivity index (χ4n) is 1.99. The molecule has 3 N–H and O–H groups in total. The van der Waals surface area contributed by atoms with Gasteiger partial charge in [0, 0.05) is 12.3 Å². The van der Waals surface area contributed by atoms with Crippen molar-refractivity contribution in [2.24, 2.45) is 10.9 Å². The van der Waals surface area contributed by atoms with Gasteiger partial charge in [0.15, 0.2) is 5.84 Å². The highest BCUT2D eigenvalue weighted by atomic mass is 16.5. The molecule has 110 valence electrons. The molecule has 0 bridgehead atoms. The SMILES string of the molecule is CCC(C)c1ccccc1Oc1ccnc(C(N)=NO)c1. The van der Waals surface area contributed by atoms with Crippen LogP contribution in [0.3, 0.4) is 0 Å². The van der Waals surface area contributed by atoms with Gasteiger partial charge in [-0.1, -0.05) is 37.2 Å². The molecule has 1 aromatic carbocycles. The Morgan fingerprint density at radius 1 is 1.38 bits per heavy atom. The lowest BCUT2D eigenvalue weighted by molar-refractivity contribution is 0.318. The number of ether oxygens (including phenoxy) is 1. The topological polar surface area (TPSA) is 80.7 Å². The minimum absolute atomic E-state index is 0.0457. The zero-order chi connectivity index (χ0) is 15.2. The van der Waals surface area contributed by atoms with Gasteiger partial charge in [-0.25, -0.2) is 0 Å². The minimum atomic E-state index is -0.0457. The van der Waals surface area contributed by atoms with Crippen molar-refractivity contribution in [3.63, 3.8) is 0 Å². The number of pyridine rings is 1. The third kappa shape index (κ3) is 3.51. The first-order valence-electron chi connectivity index (χ1n) is 6.86. The summed E-state index contributed by atoms with van der Waals surface area (Å²) in [6.45, 7) is 4.31. The van der Waals surface area contributed by atoms with Gasteiger partial charge in [-0.05, 0) is 30.0 Å². The summed E-state index contributed by atoms with van der Waals surface area (Å²) >= 11 is 0. The summed E-state index contributed by atoms with van der Waals surface area (Å²) in [5.74, 6) is 1.77. The molecule has 1 atom stereocenters. The lowest BCUT2D eigenvalue weighted by atomic mass is 9.98. The van der Waals surface area contributed by atoms with Crippen molar-refractivity contribution in [1.29, 1.82) is 0 Å². The molecule has 1 heterocycles. The molecule has 5 heteroatoms. The summed E-state index contributed by atoms with van der Waals surface area (Å²) in [6, 6.07) is 11.3. The molecule has 0 saturated heterocycles. The number of benzene rings is 1. The van der Waals surface area contributed by atoms with Crippen LogP contribution in [-0.2, 0) is 0 Å². The molecule has 0 fully saturated rings. The summed E-state index contributed by atoms with van der Waals surface area (Å²) in [5.41, 5.74) is 7.06. The highest BCUT2D eigenvalue weighted by Gasteiger charge is 2.11. The van der Waals surface area contributed by atoms with Crippen molar-refractivity contribution >= 4 is 5.84 Å². The predicted octanol–water partition coefficient (Wildman–Crippen LogP) is 3.48. The van der Waals surface area contributed by atoms with E-state index in [1.165, 1.54) is 0 Å². The van der Waals surface area contributed by atoms with Crippen molar-refractivity contribution in [1.82, 2.24) is 4.98 Å². The normalized spacial score (nSPS) is 13.0. The molecule has 0 saturated carbocycles. The van der Waals surface area contributed by atoms with Gasteiger partial charge in [0.1, 0.15) is 17.2 Å². The number of aromatic nitrogens is 1. The van der Waals surface area contributed by atoms with E-state index in [0.29, 0.717) is 17.4 Å². The Kier molecular flexibility index (Phi) is 4.77. The average molecular weight is 285 g/mol. The largest absolute Gasteiger partial charge is 0.457 e. The van der Waals surface area contributed by atoms with Crippen LogP contribution in [-0.4, -0.2) is 16.0 Å². The van der Waals surface area contributed by atoms with E-state index in [2.05, 4.69) is 30.1 Å². The molecule has 0 amide bonds. The van der Waals surface area contributed by atoms with Crippen LogP contribution in [0.15, 0.2) is 47.8 Å². The maximum absolute atomic E-state index is 8.70. The van der Waals surface area contributed by atoms with E-state index in [-0.39, 0.29) is 5.84 Å². The number of amidine groups is 1.